The first-order valence-electron chi connectivity index (χ1n) is 8.60. The first-order valence-corrected chi connectivity index (χ1v) is 8.60. The third kappa shape index (κ3) is 5.70. The average Bonchev–Trinajstić information content (AvgIpc) is 2.62. The van der Waals surface area contributed by atoms with E-state index >= 15 is 0 Å². The van der Waals surface area contributed by atoms with Gasteiger partial charge in [0.2, 0.25) is 0 Å². The summed E-state index contributed by atoms with van der Waals surface area (Å²) >= 11 is 0. The van der Waals surface area contributed by atoms with Gasteiger partial charge in [-0.15, -0.1) is 0 Å². The number of amides is 1. The molecule has 7 heteroatoms. The van der Waals surface area contributed by atoms with Crippen LogP contribution in [0.4, 0.5) is 5.82 Å². The smallest absolute Gasteiger partial charge is 0.319 e. The average molecular weight is 343 g/mol. The van der Waals surface area contributed by atoms with Gasteiger partial charge in [0.25, 0.3) is 5.91 Å². The molecule has 0 bridgehead atoms. The molecule has 2 rings (SSSR count). The van der Waals surface area contributed by atoms with Crippen LogP contribution in [-0.4, -0.2) is 40.6 Å². The Kier molecular flexibility index (Phi) is 7.13. The highest BCUT2D eigenvalue weighted by atomic mass is 16.5. The van der Waals surface area contributed by atoms with Crippen molar-refractivity contribution in [3.8, 4) is 6.01 Å². The van der Waals surface area contributed by atoms with Crippen molar-refractivity contribution in [3.05, 3.63) is 41.9 Å². The fraction of sp³-hybridized carbons (Fsp3) is 0.444. The van der Waals surface area contributed by atoms with Crippen LogP contribution in [0.2, 0.25) is 0 Å². The number of ether oxygens (including phenoxy) is 1. The molecule has 0 aromatic carbocycles. The zero-order valence-corrected chi connectivity index (χ0v) is 14.8. The van der Waals surface area contributed by atoms with Gasteiger partial charge < -0.3 is 15.4 Å². The molecule has 0 unspecified atom stereocenters. The van der Waals surface area contributed by atoms with Crippen LogP contribution in [0.25, 0.3) is 0 Å². The Bertz CT molecular complexity index is 672. The van der Waals surface area contributed by atoms with E-state index in [1.165, 1.54) is 0 Å². The number of rotatable bonds is 10. The summed E-state index contributed by atoms with van der Waals surface area (Å²) in [6.07, 6.45) is 4.33. The molecular weight excluding hydrogens is 318 g/mol. The molecule has 0 fully saturated rings. The molecule has 2 heterocycles. The van der Waals surface area contributed by atoms with Gasteiger partial charge in [-0.2, -0.15) is 9.97 Å². The summed E-state index contributed by atoms with van der Waals surface area (Å²) in [7, 11) is 0. The molecule has 0 saturated carbocycles. The van der Waals surface area contributed by atoms with Crippen molar-refractivity contribution in [3.63, 3.8) is 0 Å². The summed E-state index contributed by atoms with van der Waals surface area (Å²) in [6.45, 7) is 6.26. The summed E-state index contributed by atoms with van der Waals surface area (Å²) in [5.74, 6) is 0.0755. The van der Waals surface area contributed by atoms with Gasteiger partial charge in [0.1, 0.15) is 11.5 Å². The Hall–Kier alpha value is -2.70. The first-order chi connectivity index (χ1) is 12.1. The summed E-state index contributed by atoms with van der Waals surface area (Å²) in [5.41, 5.74) is 6.49. The van der Waals surface area contributed by atoms with Crippen molar-refractivity contribution < 1.29 is 9.53 Å². The second-order valence-electron chi connectivity index (χ2n) is 5.66. The molecule has 134 valence electrons. The van der Waals surface area contributed by atoms with Crippen LogP contribution < -0.4 is 15.4 Å². The van der Waals surface area contributed by atoms with E-state index in [-0.39, 0.29) is 11.7 Å². The standard InChI is InChI=1S/C18H25N5O2/c1-3-10-23(11-4-2)16-13-15(17(19)24)21-18(22-16)25-12-8-14-7-5-6-9-20-14/h5-7,9,13H,3-4,8,10-12H2,1-2H3,(H2,19,24). The van der Waals surface area contributed by atoms with Crippen molar-refractivity contribution in [2.45, 2.75) is 33.1 Å². The molecule has 1 amide bonds. The van der Waals surface area contributed by atoms with Crippen molar-refractivity contribution in [2.75, 3.05) is 24.6 Å². The van der Waals surface area contributed by atoms with Crippen molar-refractivity contribution >= 4 is 11.7 Å². The number of pyridine rings is 1. The molecule has 7 nitrogen and oxygen atoms in total. The predicted octanol–water partition coefficient (Wildman–Crippen LogP) is 2.22. The maximum absolute atomic E-state index is 11.6. The highest BCUT2D eigenvalue weighted by Crippen LogP contribution is 2.17. The lowest BCUT2D eigenvalue weighted by Gasteiger charge is -2.23. The quantitative estimate of drug-likeness (QED) is 0.711. The largest absolute Gasteiger partial charge is 0.463 e. The second kappa shape index (κ2) is 9.56. The van der Waals surface area contributed by atoms with Crippen LogP contribution in [-0.2, 0) is 6.42 Å². The van der Waals surface area contributed by atoms with Gasteiger partial charge >= 0.3 is 6.01 Å². The topological polar surface area (TPSA) is 94.2 Å². The third-order valence-corrected chi connectivity index (χ3v) is 3.57. The van der Waals surface area contributed by atoms with Gasteiger partial charge in [-0.05, 0) is 25.0 Å². The Labute approximate surface area is 148 Å². The molecule has 0 spiro atoms. The predicted molar refractivity (Wildman–Crippen MR) is 96.8 cm³/mol. The molecule has 0 aliphatic heterocycles. The van der Waals surface area contributed by atoms with Gasteiger partial charge in [0.05, 0.1) is 6.61 Å². The van der Waals surface area contributed by atoms with Crippen LogP contribution in [0.15, 0.2) is 30.5 Å². The lowest BCUT2D eigenvalue weighted by atomic mass is 10.3. The molecule has 25 heavy (non-hydrogen) atoms. The van der Waals surface area contributed by atoms with Gasteiger partial charge in [0, 0.05) is 37.5 Å². The first kappa shape index (κ1) is 18.6. The lowest BCUT2D eigenvalue weighted by Crippen LogP contribution is -2.27. The van der Waals surface area contributed by atoms with E-state index in [9.17, 15) is 4.79 Å². The molecule has 0 aliphatic carbocycles. The lowest BCUT2D eigenvalue weighted by molar-refractivity contribution is 0.0994. The van der Waals surface area contributed by atoms with E-state index < -0.39 is 5.91 Å². The van der Waals surface area contributed by atoms with E-state index in [2.05, 4.69) is 33.7 Å². The number of hydrogen-bond donors (Lipinski definition) is 1. The van der Waals surface area contributed by atoms with Crippen molar-refractivity contribution in [2.24, 2.45) is 5.73 Å². The third-order valence-electron chi connectivity index (χ3n) is 3.57. The summed E-state index contributed by atoms with van der Waals surface area (Å²) in [5, 5.41) is 0. The number of carbonyl (C=O) groups is 1. The summed E-state index contributed by atoms with van der Waals surface area (Å²) in [6, 6.07) is 7.52. The van der Waals surface area contributed by atoms with E-state index in [0.717, 1.165) is 31.6 Å². The van der Waals surface area contributed by atoms with Gasteiger partial charge in [-0.25, -0.2) is 0 Å². The molecule has 2 aromatic rings. The summed E-state index contributed by atoms with van der Waals surface area (Å²) < 4.78 is 5.65. The molecule has 0 atom stereocenters. The van der Waals surface area contributed by atoms with Gasteiger partial charge in [-0.3, -0.25) is 9.78 Å². The number of nitrogens with zero attached hydrogens (tertiary/aromatic N) is 4. The van der Waals surface area contributed by atoms with E-state index in [4.69, 9.17) is 10.5 Å². The Morgan fingerprint density at radius 1 is 1.20 bits per heavy atom. The highest BCUT2D eigenvalue weighted by molar-refractivity contribution is 5.91. The maximum atomic E-state index is 11.6. The van der Waals surface area contributed by atoms with Crippen LogP contribution in [0.1, 0.15) is 42.9 Å². The Balaban J connectivity index is 2.14. The zero-order chi connectivity index (χ0) is 18.1. The fourth-order valence-electron chi connectivity index (χ4n) is 2.44. The molecule has 2 aromatic heterocycles. The maximum Gasteiger partial charge on any atom is 0.319 e. The highest BCUT2D eigenvalue weighted by Gasteiger charge is 2.14. The number of aromatic nitrogens is 3. The Morgan fingerprint density at radius 2 is 1.96 bits per heavy atom. The SMILES string of the molecule is CCCN(CCC)c1cc(C(N)=O)nc(OCCc2ccccn2)n1. The molecule has 0 aliphatic rings. The molecule has 2 N–H and O–H groups in total. The number of nitrogens with two attached hydrogens (primary N) is 1. The van der Waals surface area contributed by atoms with Crippen molar-refractivity contribution in [1.29, 1.82) is 0 Å². The molecule has 0 radical (unpaired) electrons. The van der Waals surface area contributed by atoms with Crippen LogP contribution in [0.5, 0.6) is 6.01 Å². The van der Waals surface area contributed by atoms with Crippen LogP contribution in [0, 0.1) is 0 Å². The monoisotopic (exact) mass is 343 g/mol. The van der Waals surface area contributed by atoms with Gasteiger partial charge in [0.15, 0.2) is 0 Å². The number of primary amides is 1. The number of anilines is 1. The van der Waals surface area contributed by atoms with E-state index in [1.807, 2.05) is 18.2 Å². The second-order valence-corrected chi connectivity index (χ2v) is 5.66. The molecule has 0 saturated heterocycles. The minimum Gasteiger partial charge on any atom is -0.463 e. The minimum absolute atomic E-state index is 0.162. The van der Waals surface area contributed by atoms with Crippen LogP contribution >= 0.6 is 0 Å². The van der Waals surface area contributed by atoms with E-state index in [1.54, 1.807) is 12.3 Å². The Morgan fingerprint density at radius 3 is 2.56 bits per heavy atom. The fourth-order valence-corrected chi connectivity index (χ4v) is 2.44. The number of hydrogen-bond acceptors (Lipinski definition) is 6. The normalized spacial score (nSPS) is 10.5. The van der Waals surface area contributed by atoms with E-state index in [0.29, 0.717) is 18.8 Å². The minimum atomic E-state index is -0.592. The number of carbonyl (C=O) groups excluding carboxylic acids is 1. The zero-order valence-electron chi connectivity index (χ0n) is 14.8. The van der Waals surface area contributed by atoms with Crippen LogP contribution in [0.3, 0.4) is 0 Å². The molecular formula is C18H25N5O2. The van der Waals surface area contributed by atoms with Gasteiger partial charge in [-0.1, -0.05) is 19.9 Å². The van der Waals surface area contributed by atoms with Crippen molar-refractivity contribution in [1.82, 2.24) is 15.0 Å². The summed E-state index contributed by atoms with van der Waals surface area (Å²) in [4.78, 5) is 26.5.